The Morgan fingerprint density at radius 2 is 1.02 bits per heavy atom. The smallest absolute Gasteiger partial charge is 0.457 e. The van der Waals surface area contributed by atoms with Gasteiger partial charge in [0.1, 0.15) is 42.7 Å². The van der Waals surface area contributed by atoms with Gasteiger partial charge in [-0.25, -0.2) is 4.57 Å². The highest BCUT2D eigenvalue weighted by molar-refractivity contribution is 7.47. The van der Waals surface area contributed by atoms with Crippen LogP contribution in [0.25, 0.3) is 0 Å². The number of unbranched alkanes of at least 4 members (excludes halogenated alkanes) is 18. The third-order valence-electron chi connectivity index (χ3n) is 9.55. The van der Waals surface area contributed by atoms with Gasteiger partial charge in [0.2, 0.25) is 0 Å². The van der Waals surface area contributed by atoms with E-state index < -0.39 is 63.1 Å². The van der Waals surface area contributed by atoms with Crippen molar-refractivity contribution in [2.45, 2.75) is 204 Å². The first-order valence-electron chi connectivity index (χ1n) is 20.7. The number of hydrogen-bond donors (Lipinski definition) is 6. The molecule has 0 heterocycles. The van der Waals surface area contributed by atoms with Crippen molar-refractivity contribution < 1.29 is 58.3 Å². The zero-order valence-corrected chi connectivity index (χ0v) is 33.7. The third kappa shape index (κ3) is 24.8. The number of carbonyl (C=O) groups excluding carboxylic acids is 1. The van der Waals surface area contributed by atoms with Gasteiger partial charge in [-0.05, 0) is 57.8 Å². The van der Waals surface area contributed by atoms with Crippen LogP contribution in [0.4, 0.5) is 0 Å². The van der Waals surface area contributed by atoms with Crippen LogP contribution in [0.15, 0.2) is 24.3 Å². The van der Waals surface area contributed by atoms with E-state index in [9.17, 15) is 39.8 Å². The van der Waals surface area contributed by atoms with Gasteiger partial charge in [-0.2, -0.15) is 0 Å². The van der Waals surface area contributed by atoms with Crippen molar-refractivity contribution in [2.75, 3.05) is 19.8 Å². The average molecular weight is 779 g/mol. The third-order valence-corrected chi connectivity index (χ3v) is 10.5. The molecule has 0 spiro atoms. The van der Waals surface area contributed by atoms with Crippen molar-refractivity contribution >= 4 is 13.8 Å². The monoisotopic (exact) mass is 778 g/mol. The first-order chi connectivity index (χ1) is 25.5. The Morgan fingerprint density at radius 3 is 1.55 bits per heavy atom. The fourth-order valence-electron chi connectivity index (χ4n) is 6.15. The van der Waals surface area contributed by atoms with Gasteiger partial charge in [-0.3, -0.25) is 13.8 Å². The first kappa shape index (κ1) is 49.8. The molecule has 53 heavy (non-hydrogen) atoms. The van der Waals surface area contributed by atoms with Crippen molar-refractivity contribution in [1.82, 2.24) is 0 Å². The quantitative estimate of drug-likeness (QED) is 0.0165. The molecule has 0 aliphatic heterocycles. The number of carbonyl (C=O) groups is 1. The minimum absolute atomic E-state index is 0.0827. The second kappa shape index (κ2) is 32.0. The summed E-state index contributed by atoms with van der Waals surface area (Å²) in [5.41, 5.74) is 0. The summed E-state index contributed by atoms with van der Waals surface area (Å²) in [5.74, 6) is -0.490. The molecule has 0 radical (unpaired) electrons. The van der Waals surface area contributed by atoms with Crippen molar-refractivity contribution in [1.29, 1.82) is 0 Å². The Kier molecular flexibility index (Phi) is 30.1. The number of allylic oxidation sites excluding steroid dienone is 4. The van der Waals surface area contributed by atoms with Gasteiger partial charge >= 0.3 is 13.8 Å². The molecule has 0 aromatic rings. The highest BCUT2D eigenvalue weighted by atomic mass is 31.2. The predicted molar refractivity (Wildman–Crippen MR) is 207 cm³/mol. The molecule has 1 rings (SSSR count). The zero-order valence-electron chi connectivity index (χ0n) is 32.8. The van der Waals surface area contributed by atoms with E-state index in [0.717, 1.165) is 77.0 Å². The summed E-state index contributed by atoms with van der Waals surface area (Å²) in [7, 11) is -5.01. The Hall–Kier alpha value is -1.18. The lowest BCUT2D eigenvalue weighted by molar-refractivity contribution is -0.220. The van der Waals surface area contributed by atoms with Crippen LogP contribution in [0, 0.1) is 0 Å². The summed E-state index contributed by atoms with van der Waals surface area (Å²) >= 11 is 0. The average Bonchev–Trinajstić information content (AvgIpc) is 3.14. The Bertz CT molecular complexity index is 979. The summed E-state index contributed by atoms with van der Waals surface area (Å²) in [6.45, 7) is 4.17. The summed E-state index contributed by atoms with van der Waals surface area (Å²) in [6.07, 6.45) is 21.1. The maximum atomic E-state index is 12.8. The molecule has 1 saturated carbocycles. The number of aliphatic hydroxyl groups excluding tert-OH is 5. The molecule has 312 valence electrons. The van der Waals surface area contributed by atoms with Crippen LogP contribution in [-0.2, 0) is 27.9 Å². The van der Waals surface area contributed by atoms with Crippen LogP contribution < -0.4 is 0 Å². The van der Waals surface area contributed by atoms with Crippen molar-refractivity contribution in [3.8, 4) is 0 Å². The second-order valence-corrected chi connectivity index (χ2v) is 15.9. The second-order valence-electron chi connectivity index (χ2n) is 14.5. The molecule has 6 atom stereocenters. The highest BCUT2D eigenvalue weighted by Gasteiger charge is 2.51. The lowest BCUT2D eigenvalue weighted by Crippen LogP contribution is -2.64. The lowest BCUT2D eigenvalue weighted by Gasteiger charge is -2.41. The molecule has 13 heteroatoms. The molecule has 0 saturated heterocycles. The summed E-state index contributed by atoms with van der Waals surface area (Å²) < 4.78 is 34.0. The number of hydrogen-bond acceptors (Lipinski definition) is 11. The van der Waals surface area contributed by atoms with Crippen LogP contribution in [-0.4, -0.2) is 98.9 Å². The Morgan fingerprint density at radius 1 is 0.585 bits per heavy atom. The number of ether oxygens (including phenoxy) is 2. The van der Waals surface area contributed by atoms with Crippen LogP contribution >= 0.6 is 7.82 Å². The first-order valence-corrected chi connectivity index (χ1v) is 22.2. The largest absolute Gasteiger partial charge is 0.472 e. The van der Waals surface area contributed by atoms with Gasteiger partial charge in [-0.1, -0.05) is 122 Å². The maximum absolute atomic E-state index is 12.8. The SMILES string of the molecule is CCCC/C=C\CCCCCCCCOCC(COP(=O)(O)OC1C(O)C(O)C(O)C(O)C1O)OC(=O)CCCCCCC/C=C\CCCCCCC. The molecule has 6 unspecified atom stereocenters. The molecule has 1 aliphatic rings. The van der Waals surface area contributed by atoms with Gasteiger partial charge in [-0.15, -0.1) is 0 Å². The van der Waals surface area contributed by atoms with E-state index in [1.54, 1.807) is 0 Å². The molecule has 0 amide bonds. The molecule has 1 aliphatic carbocycles. The molecule has 0 aromatic heterocycles. The summed E-state index contributed by atoms with van der Waals surface area (Å²) in [4.78, 5) is 23.0. The molecule has 6 N–H and O–H groups in total. The molecule has 0 aromatic carbocycles. The normalized spacial score (nSPS) is 23.8. The molecule has 0 bridgehead atoms. The number of aliphatic hydroxyl groups is 5. The van der Waals surface area contributed by atoms with Gasteiger partial charge in [0, 0.05) is 13.0 Å². The zero-order chi connectivity index (χ0) is 39.2. The number of rotatable bonds is 34. The van der Waals surface area contributed by atoms with Crippen molar-refractivity contribution in [3.63, 3.8) is 0 Å². The Labute approximate surface area is 320 Å². The van der Waals surface area contributed by atoms with E-state index in [-0.39, 0.29) is 13.0 Å². The van der Waals surface area contributed by atoms with Crippen LogP contribution in [0.2, 0.25) is 0 Å². The van der Waals surface area contributed by atoms with E-state index in [1.807, 2.05) is 0 Å². The highest BCUT2D eigenvalue weighted by Crippen LogP contribution is 2.47. The van der Waals surface area contributed by atoms with Crippen LogP contribution in [0.1, 0.15) is 162 Å². The van der Waals surface area contributed by atoms with Crippen molar-refractivity contribution in [2.24, 2.45) is 0 Å². The summed E-state index contributed by atoms with van der Waals surface area (Å²) in [5, 5.41) is 50.0. The maximum Gasteiger partial charge on any atom is 0.472 e. The van der Waals surface area contributed by atoms with Crippen LogP contribution in [0.3, 0.4) is 0 Å². The lowest BCUT2D eigenvalue weighted by atomic mass is 9.85. The predicted octanol–water partition coefficient (Wildman–Crippen LogP) is 7.36. The fourth-order valence-corrected chi connectivity index (χ4v) is 7.13. The minimum atomic E-state index is -5.01. The van der Waals surface area contributed by atoms with Gasteiger partial charge in [0.15, 0.2) is 0 Å². The fraction of sp³-hybridized carbons (Fsp3) is 0.875. The molecule has 1 fully saturated rings. The minimum Gasteiger partial charge on any atom is -0.457 e. The number of phosphoric acid groups is 1. The van der Waals surface area contributed by atoms with E-state index in [1.165, 1.54) is 57.8 Å². The van der Waals surface area contributed by atoms with E-state index in [0.29, 0.717) is 13.0 Å². The van der Waals surface area contributed by atoms with Gasteiger partial charge in [0.25, 0.3) is 0 Å². The molecule has 12 nitrogen and oxygen atoms in total. The molecular weight excluding hydrogens is 703 g/mol. The van der Waals surface area contributed by atoms with Crippen molar-refractivity contribution in [3.05, 3.63) is 24.3 Å². The van der Waals surface area contributed by atoms with Gasteiger partial charge < -0.3 is 39.9 Å². The summed E-state index contributed by atoms with van der Waals surface area (Å²) in [6, 6.07) is 0. The van der Waals surface area contributed by atoms with E-state index >= 15 is 0 Å². The van der Waals surface area contributed by atoms with E-state index in [4.69, 9.17) is 18.5 Å². The van der Waals surface area contributed by atoms with E-state index in [2.05, 4.69) is 38.2 Å². The number of esters is 1. The topological polar surface area (TPSA) is 192 Å². The standard InChI is InChI=1S/C40H75O12P/c1-3-5-7-9-11-13-15-17-18-19-21-23-25-27-29-34(41)51-33(31-49-30-28-26-24-22-20-16-14-12-10-8-6-4-2)32-50-53(47,48)52-40-38(45)36(43)35(42)37(44)39(40)46/h10,12,15,17,33,35-40,42-46H,3-9,11,13-14,16,18-32H2,1-2H3,(H,47,48)/b12-10-,17-15-. The molecular formula is C40H75O12P. The van der Waals surface area contributed by atoms with Crippen LogP contribution in [0.5, 0.6) is 0 Å². The van der Waals surface area contributed by atoms with Gasteiger partial charge in [0.05, 0.1) is 13.2 Å². The Balaban J connectivity index is 2.46. The number of phosphoric ester groups is 1.